The Bertz CT molecular complexity index is 670. The van der Waals surface area contributed by atoms with E-state index in [1.54, 1.807) is 0 Å². The van der Waals surface area contributed by atoms with Gasteiger partial charge in [-0.2, -0.15) is 0 Å². The lowest BCUT2D eigenvalue weighted by atomic mass is 9.75. The molecule has 0 aliphatic heterocycles. The molecule has 5 heteroatoms. The Kier molecular flexibility index (Phi) is 4.04. The van der Waals surface area contributed by atoms with Gasteiger partial charge in [0.2, 0.25) is 0 Å². The number of halogens is 3. The lowest BCUT2D eigenvalue weighted by Crippen LogP contribution is -2.24. The second-order valence-corrected chi connectivity index (χ2v) is 7.80. The third kappa shape index (κ3) is 2.85. The van der Waals surface area contributed by atoms with E-state index in [-0.39, 0.29) is 5.82 Å². The molecule has 114 valence electrons. The molecular formula is C16H19BrClFN2. The molecule has 1 aliphatic rings. The molecule has 2 aromatic rings. The standard InChI is InChI=1S/C16H19BrClFN2/c1-16(2)5-3-10(4-6-16)21-14-7-11(17)12(19)8-13(14)20-15(21)9-18/h7-8,10H,3-6,9H2,1-2H3. The number of hydrogen-bond acceptors (Lipinski definition) is 1. The maximum Gasteiger partial charge on any atom is 0.139 e. The largest absolute Gasteiger partial charge is 0.324 e. The molecule has 0 spiro atoms. The Balaban J connectivity index is 2.06. The first-order valence-corrected chi connectivity index (χ1v) is 8.66. The number of hydrogen-bond donors (Lipinski definition) is 0. The highest BCUT2D eigenvalue weighted by Crippen LogP contribution is 2.42. The fourth-order valence-electron chi connectivity index (χ4n) is 3.28. The molecule has 0 radical (unpaired) electrons. The number of alkyl halides is 1. The van der Waals surface area contributed by atoms with Gasteiger partial charge < -0.3 is 4.57 Å². The van der Waals surface area contributed by atoms with Crippen LogP contribution >= 0.6 is 27.5 Å². The summed E-state index contributed by atoms with van der Waals surface area (Å²) in [4.78, 5) is 4.51. The predicted octanol–water partition coefficient (Wildman–Crippen LogP) is 5.82. The second kappa shape index (κ2) is 5.54. The fraction of sp³-hybridized carbons (Fsp3) is 0.562. The zero-order chi connectivity index (χ0) is 15.2. The van der Waals surface area contributed by atoms with Crippen molar-refractivity contribution in [2.24, 2.45) is 5.41 Å². The summed E-state index contributed by atoms with van der Waals surface area (Å²) in [6, 6.07) is 3.72. The lowest BCUT2D eigenvalue weighted by molar-refractivity contribution is 0.194. The van der Waals surface area contributed by atoms with Crippen LogP contribution < -0.4 is 0 Å². The molecule has 1 saturated carbocycles. The summed E-state index contributed by atoms with van der Waals surface area (Å²) in [5.41, 5.74) is 2.08. The number of nitrogens with zero attached hydrogens (tertiary/aromatic N) is 2. The highest BCUT2D eigenvalue weighted by Gasteiger charge is 2.29. The molecule has 21 heavy (non-hydrogen) atoms. The van der Waals surface area contributed by atoms with Crippen LogP contribution in [0.3, 0.4) is 0 Å². The smallest absolute Gasteiger partial charge is 0.139 e. The van der Waals surface area contributed by atoms with Crippen molar-refractivity contribution in [1.29, 1.82) is 0 Å². The van der Waals surface area contributed by atoms with Crippen molar-refractivity contribution in [2.45, 2.75) is 51.5 Å². The lowest BCUT2D eigenvalue weighted by Gasteiger charge is -2.35. The van der Waals surface area contributed by atoms with Crippen molar-refractivity contribution in [3.63, 3.8) is 0 Å². The Labute approximate surface area is 137 Å². The molecule has 0 unspecified atom stereocenters. The molecule has 0 atom stereocenters. The van der Waals surface area contributed by atoms with Crippen LogP contribution in [0.1, 0.15) is 51.4 Å². The topological polar surface area (TPSA) is 17.8 Å². The van der Waals surface area contributed by atoms with Gasteiger partial charge in [0.25, 0.3) is 0 Å². The molecule has 0 saturated heterocycles. The molecule has 1 fully saturated rings. The molecule has 0 bridgehead atoms. The Hall–Kier alpha value is -0.610. The Morgan fingerprint density at radius 1 is 1.38 bits per heavy atom. The average Bonchev–Trinajstić information content (AvgIpc) is 2.77. The minimum atomic E-state index is -0.280. The van der Waals surface area contributed by atoms with Gasteiger partial charge in [-0.1, -0.05) is 13.8 Å². The number of imidazole rings is 1. The maximum atomic E-state index is 13.7. The van der Waals surface area contributed by atoms with Crippen molar-refractivity contribution in [1.82, 2.24) is 9.55 Å². The molecular weight excluding hydrogens is 355 g/mol. The summed E-state index contributed by atoms with van der Waals surface area (Å²) in [7, 11) is 0. The first-order chi connectivity index (χ1) is 9.91. The monoisotopic (exact) mass is 372 g/mol. The number of aromatic nitrogens is 2. The number of fused-ring (bicyclic) bond motifs is 1. The molecule has 1 heterocycles. The van der Waals surface area contributed by atoms with Crippen LogP contribution in [-0.4, -0.2) is 9.55 Å². The summed E-state index contributed by atoms with van der Waals surface area (Å²) in [5, 5.41) is 0. The van der Waals surface area contributed by atoms with Gasteiger partial charge in [-0.15, -0.1) is 11.6 Å². The van der Waals surface area contributed by atoms with Gasteiger partial charge in [-0.05, 0) is 53.1 Å². The van der Waals surface area contributed by atoms with Crippen molar-refractivity contribution >= 4 is 38.6 Å². The highest BCUT2D eigenvalue weighted by molar-refractivity contribution is 9.10. The van der Waals surface area contributed by atoms with E-state index in [0.717, 1.165) is 24.2 Å². The highest BCUT2D eigenvalue weighted by atomic mass is 79.9. The minimum Gasteiger partial charge on any atom is -0.324 e. The first-order valence-electron chi connectivity index (χ1n) is 7.33. The van der Waals surface area contributed by atoms with Gasteiger partial charge >= 0.3 is 0 Å². The third-order valence-corrected chi connectivity index (χ3v) is 5.44. The zero-order valence-corrected chi connectivity index (χ0v) is 14.6. The van der Waals surface area contributed by atoms with E-state index in [1.807, 2.05) is 6.07 Å². The van der Waals surface area contributed by atoms with Gasteiger partial charge in [-0.3, -0.25) is 0 Å². The SMILES string of the molecule is CC1(C)CCC(n2c(CCl)nc3cc(F)c(Br)cc32)CC1. The Morgan fingerprint density at radius 3 is 2.67 bits per heavy atom. The normalized spacial score (nSPS) is 19.3. The van der Waals surface area contributed by atoms with Crippen molar-refractivity contribution < 1.29 is 4.39 Å². The van der Waals surface area contributed by atoms with Crippen LogP contribution in [0.5, 0.6) is 0 Å². The van der Waals surface area contributed by atoms with E-state index < -0.39 is 0 Å². The van der Waals surface area contributed by atoms with Crippen LogP contribution in [0.2, 0.25) is 0 Å². The summed E-state index contributed by atoms with van der Waals surface area (Å²) in [6.45, 7) is 4.65. The van der Waals surface area contributed by atoms with Crippen LogP contribution in [0.4, 0.5) is 4.39 Å². The summed E-state index contributed by atoms with van der Waals surface area (Å²) in [5.74, 6) is 0.917. The third-order valence-electron chi connectivity index (χ3n) is 4.60. The van der Waals surface area contributed by atoms with Gasteiger partial charge in [-0.25, -0.2) is 9.37 Å². The molecule has 1 aliphatic carbocycles. The summed E-state index contributed by atoms with van der Waals surface area (Å²) >= 11 is 9.34. The Morgan fingerprint density at radius 2 is 2.05 bits per heavy atom. The summed E-state index contributed by atoms with van der Waals surface area (Å²) < 4.78 is 16.4. The van der Waals surface area contributed by atoms with E-state index in [1.165, 1.54) is 18.9 Å². The maximum absolute atomic E-state index is 13.7. The van der Waals surface area contributed by atoms with E-state index in [9.17, 15) is 4.39 Å². The van der Waals surface area contributed by atoms with Crippen LogP contribution in [0, 0.1) is 11.2 Å². The van der Waals surface area contributed by atoms with E-state index >= 15 is 0 Å². The fourth-order valence-corrected chi connectivity index (χ4v) is 3.80. The second-order valence-electron chi connectivity index (χ2n) is 6.68. The van der Waals surface area contributed by atoms with Gasteiger partial charge in [0.1, 0.15) is 11.6 Å². The van der Waals surface area contributed by atoms with E-state index in [0.29, 0.717) is 27.3 Å². The predicted molar refractivity (Wildman–Crippen MR) is 88.2 cm³/mol. The van der Waals surface area contributed by atoms with Crippen LogP contribution in [-0.2, 0) is 5.88 Å². The molecule has 0 amide bonds. The zero-order valence-electron chi connectivity index (χ0n) is 12.3. The molecule has 0 N–H and O–H groups in total. The van der Waals surface area contributed by atoms with Crippen molar-refractivity contribution in [3.05, 3.63) is 28.2 Å². The number of benzene rings is 1. The van der Waals surface area contributed by atoms with Crippen molar-refractivity contribution in [2.75, 3.05) is 0 Å². The molecule has 1 aromatic heterocycles. The first kappa shape index (κ1) is 15.3. The molecule has 2 nitrogen and oxygen atoms in total. The molecule has 3 rings (SSSR count). The number of rotatable bonds is 2. The molecule has 1 aromatic carbocycles. The van der Waals surface area contributed by atoms with Gasteiger partial charge in [0.15, 0.2) is 0 Å². The summed E-state index contributed by atoms with van der Waals surface area (Å²) in [6.07, 6.45) is 4.64. The minimum absolute atomic E-state index is 0.280. The van der Waals surface area contributed by atoms with Crippen molar-refractivity contribution in [3.8, 4) is 0 Å². The van der Waals surface area contributed by atoms with Gasteiger partial charge in [0.05, 0.1) is 21.4 Å². The van der Waals surface area contributed by atoms with Crippen LogP contribution in [0.15, 0.2) is 16.6 Å². The quantitative estimate of drug-likeness (QED) is 0.607. The average molecular weight is 374 g/mol. The van der Waals surface area contributed by atoms with Gasteiger partial charge in [0, 0.05) is 12.1 Å². The van der Waals surface area contributed by atoms with E-state index in [2.05, 4.69) is 39.3 Å². The van der Waals surface area contributed by atoms with E-state index in [4.69, 9.17) is 11.6 Å². The van der Waals surface area contributed by atoms with Crippen LogP contribution in [0.25, 0.3) is 11.0 Å².